The molecule has 0 spiro atoms. The summed E-state index contributed by atoms with van der Waals surface area (Å²) in [6.07, 6.45) is 5.41. The summed E-state index contributed by atoms with van der Waals surface area (Å²) >= 11 is 1.28. The van der Waals surface area contributed by atoms with Crippen molar-refractivity contribution in [3.63, 3.8) is 0 Å². The zero-order chi connectivity index (χ0) is 21.4. The Morgan fingerprint density at radius 2 is 2.06 bits per heavy atom. The van der Waals surface area contributed by atoms with E-state index in [-0.39, 0.29) is 18.3 Å². The van der Waals surface area contributed by atoms with Crippen LogP contribution in [-0.2, 0) is 24.3 Å². The quantitative estimate of drug-likeness (QED) is 0.441. The van der Waals surface area contributed by atoms with Crippen LogP contribution in [0.25, 0.3) is 21.5 Å². The lowest BCUT2D eigenvalue weighted by atomic mass is 10.1. The average Bonchev–Trinajstić information content (AvgIpc) is 3.37. The van der Waals surface area contributed by atoms with Crippen molar-refractivity contribution in [2.45, 2.75) is 32.4 Å². The summed E-state index contributed by atoms with van der Waals surface area (Å²) in [5.41, 5.74) is 3.57. The molecule has 31 heavy (non-hydrogen) atoms. The Labute approximate surface area is 183 Å². The van der Waals surface area contributed by atoms with Crippen molar-refractivity contribution in [3.05, 3.63) is 70.6 Å². The number of thiophene rings is 1. The molecule has 0 aliphatic carbocycles. The first kappa shape index (κ1) is 19.9. The number of amides is 1. The van der Waals surface area contributed by atoms with Crippen LogP contribution in [0.15, 0.2) is 48.7 Å². The molecule has 0 radical (unpaired) electrons. The number of imidazole rings is 1. The van der Waals surface area contributed by atoms with Crippen molar-refractivity contribution in [1.82, 2.24) is 9.55 Å². The lowest BCUT2D eigenvalue weighted by Gasteiger charge is -2.16. The predicted octanol–water partition coefficient (Wildman–Crippen LogP) is 5.64. The number of aryl methyl sites for hydroxylation is 1. The highest BCUT2D eigenvalue weighted by atomic mass is 32.1. The van der Waals surface area contributed by atoms with Gasteiger partial charge < -0.3 is 14.6 Å². The van der Waals surface area contributed by atoms with Gasteiger partial charge in [-0.1, -0.05) is 6.07 Å². The molecular formula is C24H22FN3O2S. The highest BCUT2D eigenvalue weighted by molar-refractivity contribution is 7.21. The van der Waals surface area contributed by atoms with E-state index in [1.807, 2.05) is 36.5 Å². The van der Waals surface area contributed by atoms with Crippen LogP contribution in [0.3, 0.4) is 0 Å². The van der Waals surface area contributed by atoms with Crippen LogP contribution in [0.4, 0.5) is 10.1 Å². The molecule has 0 unspecified atom stereocenters. The maximum absolute atomic E-state index is 14.4. The van der Waals surface area contributed by atoms with E-state index in [9.17, 15) is 9.18 Å². The second-order valence-corrected chi connectivity index (χ2v) is 8.72. The minimum absolute atomic E-state index is 0.174. The number of benzene rings is 2. The number of methoxy groups -OCH3 is 1. The van der Waals surface area contributed by atoms with Gasteiger partial charge in [-0.15, -0.1) is 11.3 Å². The van der Waals surface area contributed by atoms with Crippen LogP contribution < -0.4 is 5.32 Å². The normalized spacial score (nSPS) is 13.4. The number of nitrogens with one attached hydrogen (secondary N) is 1. The van der Waals surface area contributed by atoms with Gasteiger partial charge in [0.05, 0.1) is 11.5 Å². The van der Waals surface area contributed by atoms with Crippen molar-refractivity contribution in [2.75, 3.05) is 12.4 Å². The minimum atomic E-state index is -0.341. The van der Waals surface area contributed by atoms with Gasteiger partial charge in [0.15, 0.2) is 0 Å². The third-order valence-electron chi connectivity index (χ3n) is 5.66. The van der Waals surface area contributed by atoms with Crippen LogP contribution >= 0.6 is 11.3 Å². The highest BCUT2D eigenvalue weighted by Gasteiger charge is 2.21. The third kappa shape index (κ3) is 3.64. The molecule has 2 aromatic heterocycles. The van der Waals surface area contributed by atoms with Crippen LogP contribution in [0, 0.1) is 5.82 Å². The monoisotopic (exact) mass is 435 g/mol. The third-order valence-corrected chi connectivity index (χ3v) is 6.86. The zero-order valence-electron chi connectivity index (χ0n) is 17.2. The number of fused-ring (bicyclic) bond motifs is 2. The average molecular weight is 436 g/mol. The number of ether oxygens (including phenoxy) is 1. The molecule has 0 saturated carbocycles. The molecule has 4 aromatic rings. The number of hydrogen-bond acceptors (Lipinski definition) is 4. The fourth-order valence-electron chi connectivity index (χ4n) is 4.19. The first-order valence-electron chi connectivity index (χ1n) is 10.3. The Balaban J connectivity index is 1.41. The summed E-state index contributed by atoms with van der Waals surface area (Å²) in [6, 6.07) is 12.6. The van der Waals surface area contributed by atoms with E-state index in [0.29, 0.717) is 21.5 Å². The fraction of sp³-hybridized carbons (Fsp3) is 0.250. The Hall–Kier alpha value is -3.03. The van der Waals surface area contributed by atoms with Crippen LogP contribution in [0.5, 0.6) is 0 Å². The lowest BCUT2D eigenvalue weighted by molar-refractivity contribution is 0.102. The molecule has 158 valence electrons. The predicted molar refractivity (Wildman–Crippen MR) is 121 cm³/mol. The van der Waals surface area contributed by atoms with Gasteiger partial charge >= 0.3 is 0 Å². The van der Waals surface area contributed by atoms with E-state index in [0.717, 1.165) is 29.1 Å². The molecule has 1 amide bonds. The molecule has 3 heterocycles. The molecule has 2 aromatic carbocycles. The summed E-state index contributed by atoms with van der Waals surface area (Å²) in [7, 11) is 1.54. The topological polar surface area (TPSA) is 56.1 Å². The lowest BCUT2D eigenvalue weighted by Crippen LogP contribution is -2.13. The number of carbonyl (C=O) groups is 1. The van der Waals surface area contributed by atoms with E-state index in [2.05, 4.69) is 14.9 Å². The Morgan fingerprint density at radius 1 is 1.23 bits per heavy atom. The van der Waals surface area contributed by atoms with Gasteiger partial charge in [0, 0.05) is 52.4 Å². The molecule has 0 fully saturated rings. The number of nitrogens with zero attached hydrogens (tertiary/aromatic N) is 2. The zero-order valence-corrected chi connectivity index (χ0v) is 18.0. The minimum Gasteiger partial charge on any atom is -0.380 e. The van der Waals surface area contributed by atoms with Crippen LogP contribution in [0.1, 0.15) is 33.8 Å². The van der Waals surface area contributed by atoms with Gasteiger partial charge in [-0.25, -0.2) is 9.37 Å². The van der Waals surface area contributed by atoms with E-state index in [1.54, 1.807) is 13.2 Å². The van der Waals surface area contributed by atoms with Gasteiger partial charge in [0.25, 0.3) is 5.91 Å². The van der Waals surface area contributed by atoms with Crippen molar-refractivity contribution >= 4 is 33.0 Å². The van der Waals surface area contributed by atoms with E-state index < -0.39 is 0 Å². The van der Waals surface area contributed by atoms with Crippen molar-refractivity contribution < 1.29 is 13.9 Å². The number of rotatable bonds is 5. The smallest absolute Gasteiger partial charge is 0.266 e. The van der Waals surface area contributed by atoms with E-state index in [4.69, 9.17) is 4.74 Å². The largest absolute Gasteiger partial charge is 0.380 e. The van der Waals surface area contributed by atoms with Gasteiger partial charge in [-0.2, -0.15) is 0 Å². The first-order chi connectivity index (χ1) is 15.2. The Bertz CT molecular complexity index is 1260. The maximum atomic E-state index is 14.4. The molecule has 0 bridgehead atoms. The molecule has 5 nitrogen and oxygen atoms in total. The van der Waals surface area contributed by atoms with Gasteiger partial charge in [0.1, 0.15) is 11.6 Å². The van der Waals surface area contributed by atoms with Crippen LogP contribution in [-0.4, -0.2) is 22.6 Å². The second kappa shape index (κ2) is 8.24. The van der Waals surface area contributed by atoms with Gasteiger partial charge in [0.2, 0.25) is 0 Å². The molecule has 0 atom stereocenters. The summed E-state index contributed by atoms with van der Waals surface area (Å²) in [5.74, 6) is 0.362. The number of halogens is 1. The van der Waals surface area contributed by atoms with Gasteiger partial charge in [-0.3, -0.25) is 4.79 Å². The SMILES string of the molecule is COCc1c(C(=O)Nc2ccc(-c3ncc4n3CCCC4)cc2)sc2cccc(F)c12. The Kier molecular flexibility index (Phi) is 5.29. The molecule has 5 rings (SSSR count). The number of anilines is 1. The van der Waals surface area contributed by atoms with Crippen molar-refractivity contribution in [2.24, 2.45) is 0 Å². The number of hydrogen-bond donors (Lipinski definition) is 1. The summed E-state index contributed by atoms with van der Waals surface area (Å²) in [6.45, 7) is 1.17. The van der Waals surface area contributed by atoms with E-state index in [1.165, 1.54) is 35.9 Å². The summed E-state index contributed by atoms with van der Waals surface area (Å²) < 4.78 is 22.6. The number of aromatic nitrogens is 2. The maximum Gasteiger partial charge on any atom is 0.266 e. The second-order valence-electron chi connectivity index (χ2n) is 7.67. The molecule has 1 N–H and O–H groups in total. The number of carbonyl (C=O) groups excluding carboxylic acids is 1. The van der Waals surface area contributed by atoms with Crippen molar-refractivity contribution in [1.29, 1.82) is 0 Å². The molecule has 1 aliphatic rings. The molecular weight excluding hydrogens is 413 g/mol. The first-order valence-corrected chi connectivity index (χ1v) is 11.1. The highest BCUT2D eigenvalue weighted by Crippen LogP contribution is 2.34. The van der Waals surface area contributed by atoms with Crippen molar-refractivity contribution in [3.8, 4) is 11.4 Å². The fourth-order valence-corrected chi connectivity index (χ4v) is 5.31. The standard InChI is InChI=1S/C24H22FN3O2S/c1-30-14-18-21-19(25)6-4-7-20(21)31-22(18)24(29)27-16-10-8-15(9-11-16)23-26-13-17-5-2-3-12-28(17)23/h4,6-11,13H,2-3,5,12,14H2,1H3,(H,27,29). The van der Waals surface area contributed by atoms with E-state index >= 15 is 0 Å². The van der Waals surface area contributed by atoms with Crippen LogP contribution in [0.2, 0.25) is 0 Å². The molecule has 7 heteroatoms. The van der Waals surface area contributed by atoms with Gasteiger partial charge in [-0.05, 0) is 55.7 Å². The molecule has 0 saturated heterocycles. The summed E-state index contributed by atoms with van der Waals surface area (Å²) in [4.78, 5) is 18.1. The summed E-state index contributed by atoms with van der Waals surface area (Å²) in [5, 5.41) is 3.40. The molecule has 1 aliphatic heterocycles. The Morgan fingerprint density at radius 3 is 2.87 bits per heavy atom.